The summed E-state index contributed by atoms with van der Waals surface area (Å²) in [5, 5.41) is 9.18. The zero-order chi connectivity index (χ0) is 9.52. The summed E-state index contributed by atoms with van der Waals surface area (Å²) in [7, 11) is 0. The quantitative estimate of drug-likeness (QED) is 0.764. The van der Waals surface area contributed by atoms with Gasteiger partial charge in [-0.1, -0.05) is 30.3 Å². The lowest BCUT2D eigenvalue weighted by Gasteiger charge is -2.05. The van der Waals surface area contributed by atoms with Crippen molar-refractivity contribution in [1.82, 2.24) is 0 Å². The summed E-state index contributed by atoms with van der Waals surface area (Å²) in [6.07, 6.45) is -0.379. The van der Waals surface area contributed by atoms with Crippen LogP contribution in [-0.4, -0.2) is 22.8 Å². The number of aliphatic hydroxyl groups is 1. The lowest BCUT2D eigenvalue weighted by molar-refractivity contribution is 0.223. The van der Waals surface area contributed by atoms with Crippen molar-refractivity contribution in [3.05, 3.63) is 35.9 Å². The van der Waals surface area contributed by atoms with E-state index in [1.165, 1.54) is 5.56 Å². The highest BCUT2D eigenvalue weighted by molar-refractivity contribution is 7.98. The molecule has 1 aromatic carbocycles. The van der Waals surface area contributed by atoms with Gasteiger partial charge >= 0.3 is 0 Å². The largest absolute Gasteiger partial charge is 0.391 e. The molecule has 13 heavy (non-hydrogen) atoms. The molecule has 0 spiro atoms. The zero-order valence-electron chi connectivity index (χ0n) is 7.32. The third kappa shape index (κ3) is 4.55. The maximum absolute atomic E-state index is 9.18. The van der Waals surface area contributed by atoms with Crippen LogP contribution in [0.3, 0.4) is 0 Å². The smallest absolute Gasteiger partial charge is 0.0765 e. The van der Waals surface area contributed by atoms with Gasteiger partial charge in [-0.3, -0.25) is 0 Å². The normalized spacial score (nSPS) is 12.8. The Kier molecular flexibility index (Phi) is 5.28. The maximum atomic E-state index is 9.18. The van der Waals surface area contributed by atoms with Crippen LogP contribution >= 0.6 is 23.4 Å². The average molecular weight is 217 g/mol. The monoisotopic (exact) mass is 216 g/mol. The summed E-state index contributed by atoms with van der Waals surface area (Å²) in [5.41, 5.74) is 1.29. The molecule has 0 saturated heterocycles. The van der Waals surface area contributed by atoms with E-state index in [2.05, 4.69) is 12.1 Å². The molecule has 72 valence electrons. The van der Waals surface area contributed by atoms with Crippen LogP contribution in [0.2, 0.25) is 0 Å². The van der Waals surface area contributed by atoms with Crippen LogP contribution in [-0.2, 0) is 5.75 Å². The van der Waals surface area contributed by atoms with Crippen molar-refractivity contribution in [2.75, 3.05) is 11.6 Å². The van der Waals surface area contributed by atoms with Crippen molar-refractivity contribution < 1.29 is 5.11 Å². The first-order valence-corrected chi connectivity index (χ1v) is 5.87. The minimum Gasteiger partial charge on any atom is -0.391 e. The number of benzene rings is 1. The first-order valence-electron chi connectivity index (χ1n) is 4.18. The molecule has 1 unspecified atom stereocenters. The van der Waals surface area contributed by atoms with Gasteiger partial charge in [-0.05, 0) is 5.56 Å². The summed E-state index contributed by atoms with van der Waals surface area (Å²) >= 11 is 7.17. The predicted molar refractivity (Wildman–Crippen MR) is 59.3 cm³/mol. The molecular formula is C10H13ClOS. The molecule has 0 aliphatic rings. The van der Waals surface area contributed by atoms with Gasteiger partial charge in [-0.2, -0.15) is 11.8 Å². The van der Waals surface area contributed by atoms with Gasteiger partial charge in [0.2, 0.25) is 0 Å². The molecular weight excluding hydrogens is 204 g/mol. The Labute approximate surface area is 88.1 Å². The van der Waals surface area contributed by atoms with Gasteiger partial charge in [0.05, 0.1) is 6.10 Å². The first kappa shape index (κ1) is 10.9. The average Bonchev–Trinajstić information content (AvgIpc) is 2.19. The standard InChI is InChI=1S/C10H13ClOS/c11-6-10(12)8-13-7-9-4-2-1-3-5-9/h1-5,10,12H,6-8H2. The van der Waals surface area contributed by atoms with Crippen molar-refractivity contribution in [3.8, 4) is 0 Å². The van der Waals surface area contributed by atoms with Gasteiger partial charge in [-0.25, -0.2) is 0 Å². The van der Waals surface area contributed by atoms with Crippen molar-refractivity contribution in [3.63, 3.8) is 0 Å². The molecule has 1 N–H and O–H groups in total. The molecule has 1 rings (SSSR count). The topological polar surface area (TPSA) is 20.2 Å². The van der Waals surface area contributed by atoms with E-state index in [0.29, 0.717) is 11.6 Å². The number of hydrogen-bond donors (Lipinski definition) is 1. The predicted octanol–water partition coefficient (Wildman–Crippen LogP) is 2.52. The zero-order valence-corrected chi connectivity index (χ0v) is 8.89. The van der Waals surface area contributed by atoms with E-state index in [0.717, 1.165) is 5.75 Å². The van der Waals surface area contributed by atoms with Crippen LogP contribution in [0.4, 0.5) is 0 Å². The lowest BCUT2D eigenvalue weighted by atomic mass is 10.2. The molecule has 1 aromatic rings. The summed E-state index contributed by atoms with van der Waals surface area (Å²) in [5.74, 6) is 1.97. The second kappa shape index (κ2) is 6.30. The Hall–Kier alpha value is -0.180. The van der Waals surface area contributed by atoms with Crippen LogP contribution in [0.15, 0.2) is 30.3 Å². The highest BCUT2D eigenvalue weighted by atomic mass is 35.5. The number of alkyl halides is 1. The van der Waals surface area contributed by atoms with Crippen molar-refractivity contribution in [2.24, 2.45) is 0 Å². The van der Waals surface area contributed by atoms with E-state index in [-0.39, 0.29) is 6.10 Å². The Morgan fingerprint density at radius 3 is 2.62 bits per heavy atom. The van der Waals surface area contributed by atoms with Crippen molar-refractivity contribution >= 4 is 23.4 Å². The summed E-state index contributed by atoms with van der Waals surface area (Å²) in [6, 6.07) is 10.2. The van der Waals surface area contributed by atoms with Crippen LogP contribution in [0, 0.1) is 0 Å². The van der Waals surface area contributed by atoms with Gasteiger partial charge in [-0.15, -0.1) is 11.6 Å². The molecule has 1 nitrogen and oxygen atoms in total. The fraction of sp³-hybridized carbons (Fsp3) is 0.400. The molecule has 0 aromatic heterocycles. The summed E-state index contributed by atoms with van der Waals surface area (Å²) in [4.78, 5) is 0. The number of rotatable bonds is 5. The third-order valence-electron chi connectivity index (χ3n) is 1.60. The van der Waals surface area contributed by atoms with Crippen molar-refractivity contribution in [1.29, 1.82) is 0 Å². The van der Waals surface area contributed by atoms with Crippen molar-refractivity contribution in [2.45, 2.75) is 11.9 Å². The SMILES string of the molecule is OC(CCl)CSCc1ccccc1. The Morgan fingerprint density at radius 2 is 2.00 bits per heavy atom. The molecule has 3 heteroatoms. The molecule has 0 radical (unpaired) electrons. The van der Waals surface area contributed by atoms with Gasteiger partial charge < -0.3 is 5.11 Å². The van der Waals surface area contributed by atoms with Gasteiger partial charge in [0.1, 0.15) is 0 Å². The highest BCUT2D eigenvalue weighted by Crippen LogP contribution is 2.12. The van der Waals surface area contributed by atoms with Crippen LogP contribution in [0.1, 0.15) is 5.56 Å². The van der Waals surface area contributed by atoms with Crippen LogP contribution in [0.25, 0.3) is 0 Å². The first-order chi connectivity index (χ1) is 6.33. The Balaban J connectivity index is 2.20. The third-order valence-corrected chi connectivity index (χ3v) is 3.11. The second-order valence-electron chi connectivity index (χ2n) is 2.81. The molecule has 0 amide bonds. The summed E-state index contributed by atoms with van der Waals surface area (Å²) < 4.78 is 0. The van der Waals surface area contributed by atoms with Gasteiger partial charge in [0.25, 0.3) is 0 Å². The second-order valence-corrected chi connectivity index (χ2v) is 4.15. The highest BCUT2D eigenvalue weighted by Gasteiger charge is 2.01. The molecule has 0 aliphatic carbocycles. The minimum atomic E-state index is -0.379. The molecule has 0 saturated carbocycles. The summed E-state index contributed by atoms with van der Waals surface area (Å²) in [6.45, 7) is 0. The maximum Gasteiger partial charge on any atom is 0.0765 e. The fourth-order valence-corrected chi connectivity index (χ4v) is 2.11. The fourth-order valence-electron chi connectivity index (χ4n) is 0.932. The Bertz CT molecular complexity index is 228. The van der Waals surface area contributed by atoms with Gasteiger partial charge in [0, 0.05) is 17.4 Å². The lowest BCUT2D eigenvalue weighted by Crippen LogP contribution is -2.11. The van der Waals surface area contributed by atoms with E-state index < -0.39 is 0 Å². The minimum absolute atomic E-state index is 0.321. The number of thioether (sulfide) groups is 1. The van der Waals surface area contributed by atoms with Gasteiger partial charge in [0.15, 0.2) is 0 Å². The molecule has 0 aliphatic heterocycles. The van der Waals surface area contributed by atoms with E-state index in [4.69, 9.17) is 11.6 Å². The van der Waals surface area contributed by atoms with E-state index in [1.807, 2.05) is 18.2 Å². The van der Waals surface area contributed by atoms with E-state index in [1.54, 1.807) is 11.8 Å². The molecule has 0 bridgehead atoms. The van der Waals surface area contributed by atoms with E-state index in [9.17, 15) is 5.11 Å². The number of hydrogen-bond acceptors (Lipinski definition) is 2. The molecule has 0 heterocycles. The number of halogens is 1. The van der Waals surface area contributed by atoms with Crippen LogP contribution < -0.4 is 0 Å². The molecule has 0 fully saturated rings. The van der Waals surface area contributed by atoms with E-state index >= 15 is 0 Å². The molecule has 1 atom stereocenters. The Morgan fingerprint density at radius 1 is 1.31 bits per heavy atom. The van der Waals surface area contributed by atoms with Crippen LogP contribution in [0.5, 0.6) is 0 Å². The number of aliphatic hydroxyl groups excluding tert-OH is 1.